The van der Waals surface area contributed by atoms with Crippen LogP contribution < -0.4 is 16.0 Å². The molecule has 1 aromatic rings. The van der Waals surface area contributed by atoms with Crippen LogP contribution in [-0.4, -0.2) is 56.5 Å². The lowest BCUT2D eigenvalue weighted by atomic mass is 9.96. The molecule has 2 amide bonds. The molecule has 0 aromatic heterocycles. The largest absolute Gasteiger partial charge is 0.371 e. The lowest BCUT2D eigenvalue weighted by Crippen LogP contribution is -2.49. The fourth-order valence-corrected chi connectivity index (χ4v) is 5.09. The van der Waals surface area contributed by atoms with E-state index < -0.39 is 16.1 Å². The summed E-state index contributed by atoms with van der Waals surface area (Å²) < 4.78 is 25.2. The van der Waals surface area contributed by atoms with Crippen LogP contribution in [0.4, 0.5) is 11.4 Å². The van der Waals surface area contributed by atoms with Crippen molar-refractivity contribution in [3.8, 4) is 0 Å². The molecule has 154 valence electrons. The lowest BCUT2D eigenvalue weighted by Gasteiger charge is -2.33. The molecular weight excluding hydrogens is 380 g/mol. The van der Waals surface area contributed by atoms with Gasteiger partial charge in [-0.25, -0.2) is 8.42 Å². The van der Waals surface area contributed by atoms with Gasteiger partial charge in [-0.05, 0) is 49.9 Å². The zero-order chi connectivity index (χ0) is 20.3. The molecular formula is C19H28N4O4S. The lowest BCUT2D eigenvalue weighted by molar-refractivity contribution is -0.122. The highest BCUT2D eigenvalue weighted by molar-refractivity contribution is 7.88. The molecule has 3 N–H and O–H groups in total. The van der Waals surface area contributed by atoms with Crippen molar-refractivity contribution in [2.45, 2.75) is 38.1 Å². The topological polar surface area (TPSA) is 113 Å². The van der Waals surface area contributed by atoms with Gasteiger partial charge in [0.1, 0.15) is 6.04 Å². The van der Waals surface area contributed by atoms with E-state index in [4.69, 9.17) is 5.73 Å². The second-order valence-corrected chi connectivity index (χ2v) is 9.52. The Morgan fingerprint density at radius 1 is 1.04 bits per heavy atom. The zero-order valence-corrected chi connectivity index (χ0v) is 17.0. The molecule has 0 saturated carbocycles. The maximum atomic E-state index is 12.6. The van der Waals surface area contributed by atoms with Crippen LogP contribution >= 0.6 is 0 Å². The number of piperidine rings is 2. The van der Waals surface area contributed by atoms with Gasteiger partial charge in [-0.15, -0.1) is 0 Å². The maximum absolute atomic E-state index is 12.6. The molecule has 2 saturated heterocycles. The van der Waals surface area contributed by atoms with Crippen molar-refractivity contribution in [1.29, 1.82) is 0 Å². The van der Waals surface area contributed by atoms with Crippen molar-refractivity contribution in [2.75, 3.05) is 36.1 Å². The van der Waals surface area contributed by atoms with Gasteiger partial charge in [-0.3, -0.25) is 9.59 Å². The van der Waals surface area contributed by atoms with Crippen LogP contribution in [0.5, 0.6) is 0 Å². The van der Waals surface area contributed by atoms with Crippen molar-refractivity contribution in [2.24, 2.45) is 11.7 Å². The summed E-state index contributed by atoms with van der Waals surface area (Å²) in [6.07, 6.45) is 4.79. The van der Waals surface area contributed by atoms with Gasteiger partial charge in [0.15, 0.2) is 0 Å². The molecule has 1 unspecified atom stereocenters. The highest BCUT2D eigenvalue weighted by Gasteiger charge is 2.34. The van der Waals surface area contributed by atoms with Gasteiger partial charge in [-0.2, -0.15) is 4.31 Å². The van der Waals surface area contributed by atoms with E-state index in [0.717, 1.165) is 50.7 Å². The first kappa shape index (κ1) is 20.6. The van der Waals surface area contributed by atoms with E-state index in [9.17, 15) is 18.0 Å². The third-order valence-electron chi connectivity index (χ3n) is 5.58. The number of nitrogens with zero attached hydrogens (tertiary/aromatic N) is 2. The molecule has 2 heterocycles. The Bertz CT molecular complexity index is 817. The molecule has 0 aliphatic carbocycles. The van der Waals surface area contributed by atoms with Crippen LogP contribution in [0.3, 0.4) is 0 Å². The Kier molecular flexibility index (Phi) is 6.24. The van der Waals surface area contributed by atoms with Gasteiger partial charge >= 0.3 is 0 Å². The zero-order valence-electron chi connectivity index (χ0n) is 16.1. The number of anilines is 2. The molecule has 0 bridgehead atoms. The molecule has 28 heavy (non-hydrogen) atoms. The minimum Gasteiger partial charge on any atom is -0.371 e. The fourth-order valence-electron chi connectivity index (χ4n) is 3.97. The summed E-state index contributed by atoms with van der Waals surface area (Å²) in [5.41, 5.74) is 7.04. The van der Waals surface area contributed by atoms with Crippen molar-refractivity contribution in [3.63, 3.8) is 0 Å². The van der Waals surface area contributed by atoms with Crippen molar-refractivity contribution in [3.05, 3.63) is 24.3 Å². The Morgan fingerprint density at radius 3 is 2.25 bits per heavy atom. The molecule has 1 atom stereocenters. The standard InChI is InChI=1S/C19H28N4O4S/c1-28(26,27)23-11-3-2-4-17(23)19(25)21-15-5-7-16(8-6-15)22-12-9-14(10-13-22)18(20)24/h5-8,14,17H,2-4,9-13H2,1H3,(H2,20,24)(H,21,25). The number of amides is 2. The monoisotopic (exact) mass is 408 g/mol. The van der Waals surface area contributed by atoms with Crippen LogP contribution in [0.25, 0.3) is 0 Å². The van der Waals surface area contributed by atoms with E-state index in [1.165, 1.54) is 4.31 Å². The summed E-state index contributed by atoms with van der Waals surface area (Å²) in [6, 6.07) is 6.84. The fraction of sp³-hybridized carbons (Fsp3) is 0.579. The number of sulfonamides is 1. The van der Waals surface area contributed by atoms with E-state index in [-0.39, 0.29) is 17.7 Å². The van der Waals surface area contributed by atoms with Gasteiger partial charge in [0, 0.05) is 36.9 Å². The number of benzene rings is 1. The van der Waals surface area contributed by atoms with Crippen molar-refractivity contribution < 1.29 is 18.0 Å². The minimum atomic E-state index is -3.41. The highest BCUT2D eigenvalue weighted by Crippen LogP contribution is 2.25. The molecule has 2 aliphatic rings. The first-order valence-corrected chi connectivity index (χ1v) is 11.5. The van der Waals surface area contributed by atoms with Gasteiger partial charge in [-0.1, -0.05) is 6.42 Å². The molecule has 2 aliphatic heterocycles. The van der Waals surface area contributed by atoms with Crippen molar-refractivity contribution in [1.82, 2.24) is 4.31 Å². The van der Waals surface area contributed by atoms with Crippen LogP contribution in [0.1, 0.15) is 32.1 Å². The predicted molar refractivity (Wildman–Crippen MR) is 108 cm³/mol. The van der Waals surface area contributed by atoms with Crippen LogP contribution in [0.15, 0.2) is 24.3 Å². The number of carbonyl (C=O) groups excluding carboxylic acids is 2. The van der Waals surface area contributed by atoms with Crippen LogP contribution in [-0.2, 0) is 19.6 Å². The maximum Gasteiger partial charge on any atom is 0.242 e. The summed E-state index contributed by atoms with van der Waals surface area (Å²) in [7, 11) is -3.41. The van der Waals surface area contributed by atoms with E-state index in [2.05, 4.69) is 10.2 Å². The number of primary amides is 1. The summed E-state index contributed by atoms with van der Waals surface area (Å²) in [4.78, 5) is 26.1. The molecule has 9 heteroatoms. The van der Waals surface area contributed by atoms with Gasteiger partial charge in [0.2, 0.25) is 21.8 Å². The number of rotatable bonds is 5. The smallest absolute Gasteiger partial charge is 0.242 e. The SMILES string of the molecule is CS(=O)(=O)N1CCCCC1C(=O)Nc1ccc(N2CCC(C(N)=O)CC2)cc1. The van der Waals surface area contributed by atoms with Crippen molar-refractivity contribution >= 4 is 33.2 Å². The van der Waals surface area contributed by atoms with Gasteiger partial charge < -0.3 is 16.0 Å². The Morgan fingerprint density at radius 2 is 1.68 bits per heavy atom. The number of carbonyl (C=O) groups is 2. The third-order valence-corrected chi connectivity index (χ3v) is 6.87. The first-order valence-electron chi connectivity index (χ1n) is 9.68. The second kappa shape index (κ2) is 8.48. The van der Waals surface area contributed by atoms with Crippen LogP contribution in [0.2, 0.25) is 0 Å². The van der Waals surface area contributed by atoms with Gasteiger partial charge in [0.25, 0.3) is 0 Å². The number of nitrogens with one attached hydrogen (secondary N) is 1. The van der Waals surface area contributed by atoms with E-state index in [1.807, 2.05) is 24.3 Å². The molecule has 2 fully saturated rings. The Hall–Kier alpha value is -2.13. The summed E-state index contributed by atoms with van der Waals surface area (Å²) in [5.74, 6) is -0.577. The first-order chi connectivity index (χ1) is 13.3. The summed E-state index contributed by atoms with van der Waals surface area (Å²) in [5, 5.41) is 2.84. The Balaban J connectivity index is 1.61. The molecule has 0 radical (unpaired) electrons. The Labute approximate surface area is 166 Å². The molecule has 1 aromatic carbocycles. The van der Waals surface area contributed by atoms with Gasteiger partial charge in [0.05, 0.1) is 6.26 Å². The normalized spacial score (nSPS) is 22.0. The predicted octanol–water partition coefficient (Wildman–Crippen LogP) is 1.14. The van der Waals surface area contributed by atoms with E-state index >= 15 is 0 Å². The average Bonchev–Trinajstić information content (AvgIpc) is 2.68. The van der Waals surface area contributed by atoms with E-state index in [0.29, 0.717) is 18.7 Å². The summed E-state index contributed by atoms with van der Waals surface area (Å²) in [6.45, 7) is 1.92. The highest BCUT2D eigenvalue weighted by atomic mass is 32.2. The number of hydrogen-bond acceptors (Lipinski definition) is 5. The van der Waals surface area contributed by atoms with Crippen LogP contribution in [0, 0.1) is 5.92 Å². The molecule has 0 spiro atoms. The van der Waals surface area contributed by atoms with E-state index in [1.54, 1.807) is 0 Å². The average molecular weight is 409 g/mol. The third kappa shape index (κ3) is 4.82. The minimum absolute atomic E-state index is 0.0527. The molecule has 8 nitrogen and oxygen atoms in total. The summed E-state index contributed by atoms with van der Waals surface area (Å²) >= 11 is 0. The quantitative estimate of drug-likeness (QED) is 0.759. The number of nitrogens with two attached hydrogens (primary N) is 1. The molecule has 3 rings (SSSR count). The second-order valence-electron chi connectivity index (χ2n) is 7.59. The number of hydrogen-bond donors (Lipinski definition) is 2.